The molecule has 1 atom stereocenters. The molecule has 6 heteroatoms. The lowest BCUT2D eigenvalue weighted by molar-refractivity contribution is 0.150. The molecule has 2 aromatic rings. The average Bonchev–Trinajstić information content (AvgIpc) is 3.25. The van der Waals surface area contributed by atoms with Gasteiger partial charge < -0.3 is 4.90 Å². The van der Waals surface area contributed by atoms with Crippen molar-refractivity contribution in [2.45, 2.75) is 59.3 Å². The Labute approximate surface area is 151 Å². The summed E-state index contributed by atoms with van der Waals surface area (Å²) >= 11 is 0. The fourth-order valence-electron chi connectivity index (χ4n) is 3.67. The zero-order chi connectivity index (χ0) is 17.8. The van der Waals surface area contributed by atoms with E-state index in [9.17, 15) is 0 Å². The normalized spacial score (nSPS) is 18.2. The van der Waals surface area contributed by atoms with Gasteiger partial charge in [-0.25, -0.2) is 0 Å². The molecule has 3 heterocycles. The molecule has 0 bridgehead atoms. The van der Waals surface area contributed by atoms with Crippen molar-refractivity contribution in [1.82, 2.24) is 29.4 Å². The van der Waals surface area contributed by atoms with Crippen LogP contribution in [0.3, 0.4) is 0 Å². The fourth-order valence-corrected chi connectivity index (χ4v) is 3.67. The van der Waals surface area contributed by atoms with E-state index in [1.165, 1.54) is 11.3 Å². The maximum absolute atomic E-state index is 4.59. The van der Waals surface area contributed by atoms with E-state index in [1.54, 1.807) is 0 Å². The summed E-state index contributed by atoms with van der Waals surface area (Å²) in [6.45, 7) is 15.2. The molecule has 0 aromatic carbocycles. The average molecular weight is 345 g/mol. The SMILES string of the molecule is CCN(CC)CC[C@H]1CN(Cc2cnn(C(C)C)c2)Cc2ccnn21. The van der Waals surface area contributed by atoms with Gasteiger partial charge in [-0.2, -0.15) is 10.2 Å². The predicted molar refractivity (Wildman–Crippen MR) is 100 cm³/mol. The third-order valence-corrected chi connectivity index (χ3v) is 5.22. The van der Waals surface area contributed by atoms with Gasteiger partial charge in [0.2, 0.25) is 0 Å². The second-order valence-corrected chi connectivity index (χ2v) is 7.33. The molecule has 0 N–H and O–H groups in total. The number of hydrogen-bond donors (Lipinski definition) is 0. The van der Waals surface area contributed by atoms with E-state index in [0.29, 0.717) is 12.1 Å². The summed E-state index contributed by atoms with van der Waals surface area (Å²) in [5.74, 6) is 0. The van der Waals surface area contributed by atoms with Crippen molar-refractivity contribution in [3.8, 4) is 0 Å². The zero-order valence-electron chi connectivity index (χ0n) is 16.1. The first-order chi connectivity index (χ1) is 12.1. The minimum Gasteiger partial charge on any atom is -0.304 e. The van der Waals surface area contributed by atoms with E-state index in [4.69, 9.17) is 0 Å². The zero-order valence-corrected chi connectivity index (χ0v) is 16.1. The van der Waals surface area contributed by atoms with Gasteiger partial charge in [-0.15, -0.1) is 0 Å². The molecule has 2 aromatic heterocycles. The van der Waals surface area contributed by atoms with Gasteiger partial charge in [0.25, 0.3) is 0 Å². The lowest BCUT2D eigenvalue weighted by Gasteiger charge is -2.34. The largest absolute Gasteiger partial charge is 0.304 e. The molecule has 0 fully saturated rings. The topological polar surface area (TPSA) is 42.1 Å². The lowest BCUT2D eigenvalue weighted by atomic mass is 10.1. The molecule has 1 aliphatic rings. The van der Waals surface area contributed by atoms with E-state index in [1.807, 2.05) is 17.1 Å². The van der Waals surface area contributed by atoms with Crippen LogP contribution in [-0.2, 0) is 13.1 Å². The quantitative estimate of drug-likeness (QED) is 0.738. The van der Waals surface area contributed by atoms with E-state index >= 15 is 0 Å². The third kappa shape index (κ3) is 4.30. The maximum atomic E-state index is 4.59. The molecule has 3 rings (SSSR count). The van der Waals surface area contributed by atoms with Gasteiger partial charge in [0.15, 0.2) is 0 Å². The van der Waals surface area contributed by atoms with E-state index < -0.39 is 0 Å². The van der Waals surface area contributed by atoms with Gasteiger partial charge in [0.1, 0.15) is 0 Å². The van der Waals surface area contributed by atoms with Gasteiger partial charge in [-0.1, -0.05) is 13.8 Å². The third-order valence-electron chi connectivity index (χ3n) is 5.22. The molecule has 0 amide bonds. The monoisotopic (exact) mass is 344 g/mol. The first-order valence-electron chi connectivity index (χ1n) is 9.60. The molecule has 0 saturated heterocycles. The van der Waals surface area contributed by atoms with Crippen molar-refractivity contribution in [2.24, 2.45) is 0 Å². The van der Waals surface area contributed by atoms with E-state index in [2.05, 4.69) is 64.6 Å². The van der Waals surface area contributed by atoms with Crippen molar-refractivity contribution in [3.63, 3.8) is 0 Å². The summed E-state index contributed by atoms with van der Waals surface area (Å²) in [5.41, 5.74) is 2.62. The summed E-state index contributed by atoms with van der Waals surface area (Å²) in [7, 11) is 0. The van der Waals surface area contributed by atoms with Gasteiger partial charge >= 0.3 is 0 Å². The number of rotatable bonds is 8. The van der Waals surface area contributed by atoms with Crippen LogP contribution in [0, 0.1) is 0 Å². The van der Waals surface area contributed by atoms with Crippen LogP contribution in [0.5, 0.6) is 0 Å². The highest BCUT2D eigenvalue weighted by molar-refractivity contribution is 5.09. The number of fused-ring (bicyclic) bond motifs is 1. The summed E-state index contributed by atoms with van der Waals surface area (Å²) in [4.78, 5) is 5.03. The Hall–Kier alpha value is -1.66. The lowest BCUT2D eigenvalue weighted by Crippen LogP contribution is -2.39. The fraction of sp³-hybridized carbons (Fsp3) is 0.684. The Morgan fingerprint density at radius 1 is 1.24 bits per heavy atom. The van der Waals surface area contributed by atoms with Crippen LogP contribution in [0.25, 0.3) is 0 Å². The van der Waals surface area contributed by atoms with Crippen LogP contribution in [0.1, 0.15) is 57.5 Å². The molecular formula is C19H32N6. The predicted octanol–water partition coefficient (Wildman–Crippen LogP) is 2.95. The van der Waals surface area contributed by atoms with Gasteiger partial charge in [0.05, 0.1) is 17.9 Å². The molecule has 6 nitrogen and oxygen atoms in total. The summed E-state index contributed by atoms with van der Waals surface area (Å²) < 4.78 is 4.29. The van der Waals surface area contributed by atoms with Crippen LogP contribution in [0.2, 0.25) is 0 Å². The first-order valence-corrected chi connectivity index (χ1v) is 9.60. The Morgan fingerprint density at radius 3 is 2.72 bits per heavy atom. The molecular weight excluding hydrogens is 312 g/mol. The van der Waals surface area contributed by atoms with Crippen molar-refractivity contribution in [2.75, 3.05) is 26.2 Å². The summed E-state index contributed by atoms with van der Waals surface area (Å²) in [6, 6.07) is 3.03. The molecule has 0 unspecified atom stereocenters. The first kappa shape index (κ1) is 18.1. The highest BCUT2D eigenvalue weighted by Crippen LogP contribution is 2.24. The minimum absolute atomic E-state index is 0.415. The second kappa shape index (κ2) is 8.15. The highest BCUT2D eigenvalue weighted by Gasteiger charge is 2.26. The maximum Gasteiger partial charge on any atom is 0.0662 e. The molecule has 0 aliphatic carbocycles. The molecule has 0 saturated carbocycles. The Kier molecular flexibility index (Phi) is 5.91. The van der Waals surface area contributed by atoms with Gasteiger partial charge in [0, 0.05) is 50.2 Å². The highest BCUT2D eigenvalue weighted by atomic mass is 15.4. The van der Waals surface area contributed by atoms with Crippen LogP contribution in [0.4, 0.5) is 0 Å². The molecule has 138 valence electrons. The van der Waals surface area contributed by atoms with Crippen molar-refractivity contribution in [3.05, 3.63) is 35.9 Å². The number of aromatic nitrogens is 4. The van der Waals surface area contributed by atoms with Gasteiger partial charge in [-0.05, 0) is 39.4 Å². The van der Waals surface area contributed by atoms with E-state index in [-0.39, 0.29) is 0 Å². The summed E-state index contributed by atoms with van der Waals surface area (Å²) in [5, 5.41) is 9.07. The minimum atomic E-state index is 0.415. The Bertz CT molecular complexity index is 654. The van der Waals surface area contributed by atoms with Crippen molar-refractivity contribution in [1.29, 1.82) is 0 Å². The Morgan fingerprint density at radius 2 is 2.04 bits per heavy atom. The Balaban J connectivity index is 1.66. The molecule has 1 aliphatic heterocycles. The van der Waals surface area contributed by atoms with E-state index in [0.717, 1.165) is 45.7 Å². The van der Waals surface area contributed by atoms with Crippen LogP contribution < -0.4 is 0 Å². The van der Waals surface area contributed by atoms with Crippen molar-refractivity contribution >= 4 is 0 Å². The molecule has 25 heavy (non-hydrogen) atoms. The van der Waals surface area contributed by atoms with Crippen LogP contribution in [-0.4, -0.2) is 55.5 Å². The summed E-state index contributed by atoms with van der Waals surface area (Å²) in [6.07, 6.45) is 7.29. The van der Waals surface area contributed by atoms with Crippen LogP contribution in [0.15, 0.2) is 24.7 Å². The van der Waals surface area contributed by atoms with Crippen molar-refractivity contribution < 1.29 is 0 Å². The van der Waals surface area contributed by atoms with Crippen LogP contribution >= 0.6 is 0 Å². The second-order valence-electron chi connectivity index (χ2n) is 7.33. The molecule has 0 spiro atoms. The molecule has 0 radical (unpaired) electrons. The number of nitrogens with zero attached hydrogens (tertiary/aromatic N) is 6. The standard InChI is InChI=1S/C19H32N6/c1-5-22(6-2)10-8-19-15-23(14-18-7-9-20-25(18)19)12-17-11-21-24(13-17)16(3)4/h7,9,11,13,16,19H,5-6,8,10,12,14-15H2,1-4H3/t19-/m0/s1. The number of hydrogen-bond acceptors (Lipinski definition) is 4. The van der Waals surface area contributed by atoms with Gasteiger partial charge in [-0.3, -0.25) is 14.3 Å². The smallest absolute Gasteiger partial charge is 0.0662 e.